The van der Waals surface area contributed by atoms with Gasteiger partial charge in [0.2, 0.25) is 5.91 Å². The Kier molecular flexibility index (Phi) is 8.26. The van der Waals surface area contributed by atoms with Crippen LogP contribution in [-0.4, -0.2) is 42.7 Å². The Morgan fingerprint density at radius 1 is 1.25 bits per heavy atom. The average Bonchev–Trinajstić information content (AvgIpc) is 2.53. The van der Waals surface area contributed by atoms with Crippen LogP contribution in [0.1, 0.15) is 31.4 Å². The molecule has 1 amide bonds. The van der Waals surface area contributed by atoms with Crippen molar-refractivity contribution >= 4 is 11.9 Å². The van der Waals surface area contributed by atoms with Crippen molar-refractivity contribution in [3.63, 3.8) is 0 Å². The van der Waals surface area contributed by atoms with E-state index in [-0.39, 0.29) is 18.4 Å². The fraction of sp³-hybridized carbons (Fsp3) is 0.556. The molecule has 1 rings (SSSR count). The van der Waals surface area contributed by atoms with E-state index in [1.165, 1.54) is 0 Å². The zero-order valence-electron chi connectivity index (χ0n) is 14.9. The Labute approximate surface area is 143 Å². The van der Waals surface area contributed by atoms with Gasteiger partial charge < -0.3 is 15.2 Å². The monoisotopic (exact) mass is 336 g/mol. The highest BCUT2D eigenvalue weighted by Gasteiger charge is 2.23. The number of rotatable bonds is 10. The first-order valence-electron chi connectivity index (χ1n) is 8.28. The number of para-hydroxylation sites is 1. The molecule has 0 heterocycles. The fourth-order valence-corrected chi connectivity index (χ4v) is 2.40. The van der Waals surface area contributed by atoms with Crippen molar-refractivity contribution in [3.8, 4) is 5.75 Å². The zero-order chi connectivity index (χ0) is 18.1. The van der Waals surface area contributed by atoms with E-state index < -0.39 is 12.0 Å². The van der Waals surface area contributed by atoms with Gasteiger partial charge in [-0.1, -0.05) is 38.5 Å². The molecular weight excluding hydrogens is 308 g/mol. The molecule has 0 fully saturated rings. The van der Waals surface area contributed by atoms with Crippen LogP contribution in [0.5, 0.6) is 5.75 Å². The van der Waals surface area contributed by atoms with Gasteiger partial charge in [0, 0.05) is 0 Å². The summed E-state index contributed by atoms with van der Waals surface area (Å²) in [6.07, 6.45) is 0.731. The number of hydrogen-bond donors (Lipinski definition) is 3. The minimum Gasteiger partial charge on any atom is -0.491 e. The molecule has 6 heteroatoms. The first kappa shape index (κ1) is 20.0. The molecule has 0 saturated carbocycles. The Morgan fingerprint density at radius 2 is 1.88 bits per heavy atom. The SMILES string of the molecule is CC[C@H](C)[C@H](NCC(=O)NCCOc1c(C)cccc1C)C(=O)O. The van der Waals surface area contributed by atoms with Gasteiger partial charge in [0.15, 0.2) is 0 Å². The van der Waals surface area contributed by atoms with Crippen LogP contribution in [-0.2, 0) is 9.59 Å². The Bertz CT molecular complexity index is 540. The molecule has 0 saturated heterocycles. The fourth-order valence-electron chi connectivity index (χ4n) is 2.40. The minimum atomic E-state index is -0.935. The van der Waals surface area contributed by atoms with Gasteiger partial charge in [-0.25, -0.2) is 0 Å². The number of nitrogens with one attached hydrogen (secondary N) is 2. The maximum absolute atomic E-state index is 11.8. The first-order valence-corrected chi connectivity index (χ1v) is 8.28. The normalized spacial score (nSPS) is 13.2. The number of aliphatic carboxylic acids is 1. The van der Waals surface area contributed by atoms with Gasteiger partial charge in [-0.05, 0) is 30.9 Å². The van der Waals surface area contributed by atoms with Gasteiger partial charge in [-0.2, -0.15) is 0 Å². The molecule has 2 atom stereocenters. The highest BCUT2D eigenvalue weighted by molar-refractivity contribution is 5.80. The third kappa shape index (κ3) is 6.20. The van der Waals surface area contributed by atoms with Gasteiger partial charge in [0.25, 0.3) is 0 Å². The number of carbonyl (C=O) groups excluding carboxylic acids is 1. The highest BCUT2D eigenvalue weighted by Crippen LogP contribution is 2.21. The van der Waals surface area contributed by atoms with Crippen molar-refractivity contribution in [2.75, 3.05) is 19.7 Å². The smallest absolute Gasteiger partial charge is 0.320 e. The number of amides is 1. The van der Waals surface area contributed by atoms with Gasteiger partial charge >= 0.3 is 5.97 Å². The minimum absolute atomic E-state index is 0.0231. The van der Waals surface area contributed by atoms with Crippen LogP contribution in [0, 0.1) is 19.8 Å². The molecule has 0 aliphatic carbocycles. The van der Waals surface area contributed by atoms with Gasteiger partial charge in [0.05, 0.1) is 13.1 Å². The van der Waals surface area contributed by atoms with Crippen molar-refractivity contribution < 1.29 is 19.4 Å². The van der Waals surface area contributed by atoms with Crippen LogP contribution in [0.15, 0.2) is 18.2 Å². The van der Waals surface area contributed by atoms with E-state index in [1.807, 2.05) is 45.9 Å². The van der Waals surface area contributed by atoms with Gasteiger partial charge in [-0.3, -0.25) is 14.9 Å². The summed E-state index contributed by atoms with van der Waals surface area (Å²) in [4.78, 5) is 23.0. The molecule has 0 unspecified atom stereocenters. The zero-order valence-corrected chi connectivity index (χ0v) is 14.9. The van der Waals surface area contributed by atoms with E-state index in [0.29, 0.717) is 13.2 Å². The number of carboxylic acid groups (broad SMARTS) is 1. The molecule has 0 aliphatic heterocycles. The number of carboxylic acids is 1. The lowest BCUT2D eigenvalue weighted by Gasteiger charge is -2.20. The van der Waals surface area contributed by atoms with E-state index in [9.17, 15) is 9.59 Å². The van der Waals surface area contributed by atoms with Crippen LogP contribution in [0.3, 0.4) is 0 Å². The van der Waals surface area contributed by atoms with Crippen LogP contribution >= 0.6 is 0 Å². The Hall–Kier alpha value is -2.08. The number of ether oxygens (including phenoxy) is 1. The molecule has 0 aromatic heterocycles. The van der Waals surface area contributed by atoms with E-state index in [0.717, 1.165) is 23.3 Å². The number of hydrogen-bond acceptors (Lipinski definition) is 4. The van der Waals surface area contributed by atoms with Gasteiger partial charge in [-0.15, -0.1) is 0 Å². The number of benzene rings is 1. The average molecular weight is 336 g/mol. The number of carbonyl (C=O) groups is 2. The van der Waals surface area contributed by atoms with E-state index >= 15 is 0 Å². The van der Waals surface area contributed by atoms with Crippen molar-refractivity contribution in [2.45, 2.75) is 40.2 Å². The molecule has 134 valence electrons. The van der Waals surface area contributed by atoms with E-state index in [4.69, 9.17) is 9.84 Å². The first-order chi connectivity index (χ1) is 11.4. The molecule has 1 aromatic rings. The summed E-state index contributed by atoms with van der Waals surface area (Å²) in [5.74, 6) is -0.375. The molecule has 3 N–H and O–H groups in total. The predicted molar refractivity (Wildman–Crippen MR) is 93.3 cm³/mol. The Morgan fingerprint density at radius 3 is 2.42 bits per heavy atom. The Balaban J connectivity index is 2.33. The molecule has 0 spiro atoms. The maximum Gasteiger partial charge on any atom is 0.320 e. The van der Waals surface area contributed by atoms with Crippen molar-refractivity contribution in [3.05, 3.63) is 29.3 Å². The molecule has 6 nitrogen and oxygen atoms in total. The predicted octanol–water partition coefficient (Wildman–Crippen LogP) is 1.89. The lowest BCUT2D eigenvalue weighted by molar-refractivity contribution is -0.140. The summed E-state index contributed by atoms with van der Waals surface area (Å²) in [6, 6.07) is 5.21. The third-order valence-corrected chi connectivity index (χ3v) is 4.04. The molecule has 24 heavy (non-hydrogen) atoms. The molecule has 0 bridgehead atoms. The second kappa shape index (κ2) is 9.93. The topological polar surface area (TPSA) is 87.7 Å². The summed E-state index contributed by atoms with van der Waals surface area (Å²) < 4.78 is 5.71. The van der Waals surface area contributed by atoms with Crippen molar-refractivity contribution in [1.82, 2.24) is 10.6 Å². The second-order valence-electron chi connectivity index (χ2n) is 6.00. The van der Waals surface area contributed by atoms with Crippen molar-refractivity contribution in [1.29, 1.82) is 0 Å². The molecule has 0 radical (unpaired) electrons. The van der Waals surface area contributed by atoms with E-state index in [1.54, 1.807) is 0 Å². The standard InChI is InChI=1S/C18H28N2O4/c1-5-12(2)16(18(22)23)20-11-15(21)19-9-10-24-17-13(3)7-6-8-14(17)4/h6-8,12,16,20H,5,9-11H2,1-4H3,(H,19,21)(H,22,23)/t12-,16-/m0/s1. The highest BCUT2D eigenvalue weighted by atomic mass is 16.5. The maximum atomic E-state index is 11.8. The van der Waals surface area contributed by atoms with Crippen LogP contribution in [0.25, 0.3) is 0 Å². The summed E-state index contributed by atoms with van der Waals surface area (Å²) >= 11 is 0. The van der Waals surface area contributed by atoms with Crippen LogP contribution in [0.4, 0.5) is 0 Å². The van der Waals surface area contributed by atoms with E-state index in [2.05, 4.69) is 10.6 Å². The van der Waals surface area contributed by atoms with Crippen LogP contribution in [0.2, 0.25) is 0 Å². The largest absolute Gasteiger partial charge is 0.491 e. The quantitative estimate of drug-likeness (QED) is 0.568. The number of aryl methyl sites for hydroxylation is 2. The van der Waals surface area contributed by atoms with Gasteiger partial charge in [0.1, 0.15) is 18.4 Å². The molecule has 0 aliphatic rings. The second-order valence-corrected chi connectivity index (χ2v) is 6.00. The molecular formula is C18H28N2O4. The summed E-state index contributed by atoms with van der Waals surface area (Å²) in [5.41, 5.74) is 2.11. The third-order valence-electron chi connectivity index (χ3n) is 4.04. The van der Waals surface area contributed by atoms with Crippen LogP contribution < -0.4 is 15.4 Å². The summed E-state index contributed by atoms with van der Waals surface area (Å²) in [6.45, 7) is 8.44. The summed E-state index contributed by atoms with van der Waals surface area (Å²) in [7, 11) is 0. The van der Waals surface area contributed by atoms with Crippen molar-refractivity contribution in [2.24, 2.45) is 5.92 Å². The lowest BCUT2D eigenvalue weighted by Crippen LogP contribution is -2.46. The summed E-state index contributed by atoms with van der Waals surface area (Å²) in [5, 5.41) is 14.7. The lowest BCUT2D eigenvalue weighted by atomic mass is 9.99. The molecule has 1 aromatic carbocycles.